The molecule has 2 unspecified atom stereocenters. The van der Waals surface area contributed by atoms with E-state index >= 15 is 0 Å². The molecule has 2 atom stereocenters. The van der Waals surface area contributed by atoms with Crippen LogP contribution in [0.15, 0.2) is 24.3 Å². The highest BCUT2D eigenvalue weighted by Gasteiger charge is 2.30. The number of benzene rings is 1. The molecule has 1 saturated heterocycles. The van der Waals surface area contributed by atoms with Crippen molar-refractivity contribution in [1.29, 1.82) is 0 Å². The first kappa shape index (κ1) is 17.0. The fourth-order valence-corrected chi connectivity index (χ4v) is 3.90. The zero-order valence-electron chi connectivity index (χ0n) is 14.3. The van der Waals surface area contributed by atoms with Gasteiger partial charge < -0.3 is 14.9 Å². The number of hydrogen-bond acceptors (Lipinski definition) is 3. The second-order valence-electron chi connectivity index (χ2n) is 6.89. The van der Waals surface area contributed by atoms with Crippen LogP contribution in [-0.4, -0.2) is 47.1 Å². The van der Waals surface area contributed by atoms with Gasteiger partial charge in [0.2, 0.25) is 11.8 Å². The molecule has 0 saturated carbocycles. The van der Waals surface area contributed by atoms with E-state index in [1.54, 1.807) is 11.8 Å². The van der Waals surface area contributed by atoms with Gasteiger partial charge in [-0.3, -0.25) is 9.59 Å². The SMILES string of the molecule is CC(O)CC1CCCN1C(=O)CCN1C(=O)CCc2ccccc21. The van der Waals surface area contributed by atoms with Crippen LogP contribution in [0.25, 0.3) is 0 Å². The Morgan fingerprint density at radius 1 is 1.33 bits per heavy atom. The Labute approximate surface area is 143 Å². The number of carbonyl (C=O) groups is 2. The number of aryl methyl sites for hydroxylation is 1. The summed E-state index contributed by atoms with van der Waals surface area (Å²) in [7, 11) is 0. The van der Waals surface area contributed by atoms with E-state index in [-0.39, 0.29) is 24.0 Å². The van der Waals surface area contributed by atoms with Crippen molar-refractivity contribution in [3.05, 3.63) is 29.8 Å². The summed E-state index contributed by atoms with van der Waals surface area (Å²) in [5.41, 5.74) is 2.13. The average molecular weight is 330 g/mol. The maximum Gasteiger partial charge on any atom is 0.227 e. The highest BCUT2D eigenvalue weighted by Crippen LogP contribution is 2.28. The zero-order valence-corrected chi connectivity index (χ0v) is 14.3. The molecule has 130 valence electrons. The Bertz CT molecular complexity index is 614. The molecule has 2 aliphatic heterocycles. The molecule has 24 heavy (non-hydrogen) atoms. The van der Waals surface area contributed by atoms with Gasteiger partial charge >= 0.3 is 0 Å². The van der Waals surface area contributed by atoms with Crippen LogP contribution in [0, 0.1) is 0 Å². The number of amides is 2. The smallest absolute Gasteiger partial charge is 0.227 e. The molecular weight excluding hydrogens is 304 g/mol. The lowest BCUT2D eigenvalue weighted by Gasteiger charge is -2.31. The molecule has 1 aromatic rings. The summed E-state index contributed by atoms with van der Waals surface area (Å²) < 4.78 is 0. The maximum atomic E-state index is 12.6. The van der Waals surface area contributed by atoms with E-state index in [1.807, 2.05) is 23.1 Å². The molecule has 0 spiro atoms. The lowest BCUT2D eigenvalue weighted by Crippen LogP contribution is -2.41. The lowest BCUT2D eigenvalue weighted by molar-refractivity contribution is -0.132. The van der Waals surface area contributed by atoms with Gasteiger partial charge in [0.25, 0.3) is 0 Å². The van der Waals surface area contributed by atoms with E-state index in [1.165, 1.54) is 5.56 Å². The number of nitrogens with zero attached hydrogens (tertiary/aromatic N) is 2. The van der Waals surface area contributed by atoms with Crippen molar-refractivity contribution in [3.63, 3.8) is 0 Å². The highest BCUT2D eigenvalue weighted by molar-refractivity contribution is 5.97. The number of aliphatic hydroxyl groups is 1. The Morgan fingerprint density at radius 3 is 2.92 bits per heavy atom. The number of rotatable bonds is 5. The third-order valence-electron chi connectivity index (χ3n) is 5.05. The number of carbonyl (C=O) groups excluding carboxylic acids is 2. The molecule has 1 fully saturated rings. The third-order valence-corrected chi connectivity index (χ3v) is 5.05. The van der Waals surface area contributed by atoms with Crippen molar-refractivity contribution >= 4 is 17.5 Å². The molecule has 2 heterocycles. The normalized spacial score (nSPS) is 21.8. The van der Waals surface area contributed by atoms with Crippen LogP contribution >= 0.6 is 0 Å². The topological polar surface area (TPSA) is 60.9 Å². The second kappa shape index (κ2) is 7.34. The molecule has 0 aliphatic carbocycles. The molecule has 3 rings (SSSR count). The summed E-state index contributed by atoms with van der Waals surface area (Å²) in [5, 5.41) is 9.60. The van der Waals surface area contributed by atoms with Crippen molar-refractivity contribution in [2.24, 2.45) is 0 Å². The third kappa shape index (κ3) is 3.61. The fourth-order valence-electron chi connectivity index (χ4n) is 3.90. The molecule has 2 aliphatic rings. The molecule has 0 bridgehead atoms. The van der Waals surface area contributed by atoms with Gasteiger partial charge in [0, 0.05) is 37.7 Å². The highest BCUT2D eigenvalue weighted by atomic mass is 16.3. The fraction of sp³-hybridized carbons (Fsp3) is 0.579. The van der Waals surface area contributed by atoms with Crippen LogP contribution < -0.4 is 4.90 Å². The number of aliphatic hydroxyl groups excluding tert-OH is 1. The summed E-state index contributed by atoms with van der Waals surface area (Å²) in [5.74, 6) is 0.192. The molecule has 5 heteroatoms. The van der Waals surface area contributed by atoms with Crippen molar-refractivity contribution in [3.8, 4) is 0 Å². The Balaban J connectivity index is 1.63. The van der Waals surface area contributed by atoms with Crippen molar-refractivity contribution in [1.82, 2.24) is 4.90 Å². The van der Waals surface area contributed by atoms with E-state index in [0.717, 1.165) is 31.5 Å². The lowest BCUT2D eigenvalue weighted by atomic mass is 10.0. The van der Waals surface area contributed by atoms with Crippen molar-refractivity contribution < 1.29 is 14.7 Å². The molecular formula is C19H26N2O3. The standard InChI is InChI=1S/C19H26N2O3/c1-14(22)13-16-6-4-11-20(16)19(24)10-12-21-17-7-3-2-5-15(17)8-9-18(21)23/h2-3,5,7,14,16,22H,4,6,8-13H2,1H3. The first-order valence-corrected chi connectivity index (χ1v) is 8.92. The van der Waals surface area contributed by atoms with Crippen molar-refractivity contribution in [2.75, 3.05) is 18.0 Å². The predicted octanol–water partition coefficient (Wildman–Crippen LogP) is 2.12. The van der Waals surface area contributed by atoms with E-state index in [4.69, 9.17) is 0 Å². The van der Waals surface area contributed by atoms with Crippen LogP contribution in [0.1, 0.15) is 44.6 Å². The van der Waals surface area contributed by atoms with Gasteiger partial charge in [-0.15, -0.1) is 0 Å². The quantitative estimate of drug-likeness (QED) is 0.899. The van der Waals surface area contributed by atoms with E-state index in [2.05, 4.69) is 6.07 Å². The van der Waals surface area contributed by atoms with E-state index in [0.29, 0.717) is 25.8 Å². The molecule has 5 nitrogen and oxygen atoms in total. The Hall–Kier alpha value is -1.88. The molecule has 2 amide bonds. The van der Waals surface area contributed by atoms with Crippen LogP contribution in [0.2, 0.25) is 0 Å². The molecule has 0 radical (unpaired) electrons. The maximum absolute atomic E-state index is 12.6. The number of fused-ring (bicyclic) bond motifs is 1. The first-order chi connectivity index (χ1) is 11.6. The van der Waals surface area contributed by atoms with Crippen LogP contribution in [0.4, 0.5) is 5.69 Å². The summed E-state index contributed by atoms with van der Waals surface area (Å²) in [4.78, 5) is 28.5. The van der Waals surface area contributed by atoms with Gasteiger partial charge in [-0.2, -0.15) is 0 Å². The summed E-state index contributed by atoms with van der Waals surface area (Å²) in [6, 6.07) is 8.08. The largest absolute Gasteiger partial charge is 0.393 e. The van der Waals surface area contributed by atoms with E-state index < -0.39 is 0 Å². The number of para-hydroxylation sites is 1. The van der Waals surface area contributed by atoms with Gasteiger partial charge in [0.05, 0.1) is 6.10 Å². The van der Waals surface area contributed by atoms with Crippen LogP contribution in [0.5, 0.6) is 0 Å². The van der Waals surface area contributed by atoms with Crippen LogP contribution in [-0.2, 0) is 16.0 Å². The van der Waals surface area contributed by atoms with Gasteiger partial charge in [-0.05, 0) is 44.2 Å². The predicted molar refractivity (Wildman–Crippen MR) is 92.8 cm³/mol. The number of anilines is 1. The molecule has 1 aromatic carbocycles. The van der Waals surface area contributed by atoms with Crippen molar-refractivity contribution in [2.45, 2.75) is 57.6 Å². The summed E-state index contributed by atoms with van der Waals surface area (Å²) >= 11 is 0. The minimum Gasteiger partial charge on any atom is -0.393 e. The molecule has 0 aromatic heterocycles. The minimum atomic E-state index is -0.390. The Kier molecular flexibility index (Phi) is 5.19. The molecule has 1 N–H and O–H groups in total. The van der Waals surface area contributed by atoms with E-state index in [9.17, 15) is 14.7 Å². The minimum absolute atomic E-state index is 0.0917. The summed E-state index contributed by atoms with van der Waals surface area (Å²) in [6.45, 7) is 2.97. The van der Waals surface area contributed by atoms with Crippen LogP contribution in [0.3, 0.4) is 0 Å². The van der Waals surface area contributed by atoms with Gasteiger partial charge in [-0.25, -0.2) is 0 Å². The Morgan fingerprint density at radius 2 is 2.12 bits per heavy atom. The second-order valence-corrected chi connectivity index (χ2v) is 6.89. The average Bonchev–Trinajstić information content (AvgIpc) is 3.01. The zero-order chi connectivity index (χ0) is 17.1. The van der Waals surface area contributed by atoms with Gasteiger partial charge in [-0.1, -0.05) is 18.2 Å². The summed E-state index contributed by atoms with van der Waals surface area (Å²) in [6.07, 6.45) is 3.84. The van der Waals surface area contributed by atoms with Gasteiger partial charge in [0.1, 0.15) is 0 Å². The first-order valence-electron chi connectivity index (χ1n) is 8.92. The monoisotopic (exact) mass is 330 g/mol. The van der Waals surface area contributed by atoms with Gasteiger partial charge in [0.15, 0.2) is 0 Å². The number of likely N-dealkylation sites (tertiary alicyclic amines) is 1. The number of hydrogen-bond donors (Lipinski definition) is 1.